The maximum Gasteiger partial charge on any atom is 0.375 e. The molecule has 8 nitrogen and oxygen atoms in total. The molecule has 0 aliphatic carbocycles. The Bertz CT molecular complexity index is 1080. The number of methoxy groups -OCH3 is 3. The van der Waals surface area contributed by atoms with Gasteiger partial charge in [0.25, 0.3) is 5.91 Å². The van der Waals surface area contributed by atoms with E-state index in [1.807, 2.05) is 12.1 Å². The van der Waals surface area contributed by atoms with E-state index in [2.05, 4.69) is 5.32 Å². The maximum atomic E-state index is 12.5. The predicted molar refractivity (Wildman–Crippen MR) is 110 cm³/mol. The Morgan fingerprint density at radius 2 is 1.80 bits per heavy atom. The number of amides is 1. The maximum absolute atomic E-state index is 12.5. The molecule has 0 unspecified atom stereocenters. The van der Waals surface area contributed by atoms with E-state index in [1.165, 1.54) is 33.5 Å². The van der Waals surface area contributed by atoms with Gasteiger partial charge < -0.3 is 28.7 Å². The van der Waals surface area contributed by atoms with Crippen molar-refractivity contribution in [2.24, 2.45) is 0 Å². The molecule has 0 atom stereocenters. The lowest BCUT2D eigenvalue weighted by molar-refractivity contribution is -0.119. The first-order valence-corrected chi connectivity index (χ1v) is 9.24. The third kappa shape index (κ3) is 4.50. The molecule has 30 heavy (non-hydrogen) atoms. The fourth-order valence-corrected chi connectivity index (χ4v) is 3.13. The number of carbonyl (C=O) groups is 2. The van der Waals surface area contributed by atoms with Crippen molar-refractivity contribution < 1.29 is 33.0 Å². The van der Waals surface area contributed by atoms with Gasteiger partial charge >= 0.3 is 5.97 Å². The van der Waals surface area contributed by atoms with Gasteiger partial charge in [0.2, 0.25) is 5.76 Å². The van der Waals surface area contributed by atoms with E-state index in [0.717, 1.165) is 5.39 Å². The van der Waals surface area contributed by atoms with Crippen molar-refractivity contribution in [1.82, 2.24) is 0 Å². The van der Waals surface area contributed by atoms with Crippen LogP contribution in [0.5, 0.6) is 11.5 Å². The Hall–Kier alpha value is -3.23. The summed E-state index contributed by atoms with van der Waals surface area (Å²) in [5.41, 5.74) is 1.40. The summed E-state index contributed by atoms with van der Waals surface area (Å²) in [5.74, 6) is -0.611. The Balaban J connectivity index is 1.71. The number of furan rings is 1. The molecule has 0 fully saturated rings. The highest BCUT2D eigenvalue weighted by molar-refractivity contribution is 6.32. The Labute approximate surface area is 177 Å². The molecule has 1 amide bonds. The molecule has 2 aromatic carbocycles. The van der Waals surface area contributed by atoms with Gasteiger partial charge in [-0.3, -0.25) is 4.79 Å². The fraction of sp³-hybridized carbons (Fsp3) is 0.238. The molecule has 0 aliphatic rings. The van der Waals surface area contributed by atoms with E-state index in [0.29, 0.717) is 28.3 Å². The van der Waals surface area contributed by atoms with Gasteiger partial charge in [-0.2, -0.15) is 0 Å². The standard InChI is InChI=1S/C21H20ClNO7/c1-26-10-13-12-6-4-5-7-16(12)30-20(13)21(25)29-11-19(24)23-15-8-14(22)17(27-2)9-18(15)28-3/h4-9H,10-11H2,1-3H3,(H,23,24). The number of hydrogen-bond donors (Lipinski definition) is 1. The highest BCUT2D eigenvalue weighted by Crippen LogP contribution is 2.35. The van der Waals surface area contributed by atoms with Gasteiger partial charge in [-0.15, -0.1) is 0 Å². The van der Waals surface area contributed by atoms with Crippen LogP contribution in [0.1, 0.15) is 16.1 Å². The molecule has 1 heterocycles. The molecule has 0 saturated heterocycles. The average Bonchev–Trinajstić information content (AvgIpc) is 3.11. The molecule has 158 valence electrons. The van der Waals surface area contributed by atoms with E-state index in [1.54, 1.807) is 12.1 Å². The minimum atomic E-state index is -0.770. The van der Waals surface area contributed by atoms with E-state index in [9.17, 15) is 9.59 Å². The number of nitrogens with one attached hydrogen (secondary N) is 1. The number of ether oxygens (including phenoxy) is 4. The monoisotopic (exact) mass is 433 g/mol. The van der Waals surface area contributed by atoms with Crippen molar-refractivity contribution in [3.8, 4) is 11.5 Å². The summed E-state index contributed by atoms with van der Waals surface area (Å²) in [6.45, 7) is -0.371. The van der Waals surface area contributed by atoms with Crippen LogP contribution in [0.2, 0.25) is 5.02 Å². The van der Waals surface area contributed by atoms with Gasteiger partial charge in [0.15, 0.2) is 6.61 Å². The molecule has 0 aliphatic heterocycles. The Morgan fingerprint density at radius 3 is 2.50 bits per heavy atom. The largest absolute Gasteiger partial charge is 0.495 e. The topological polar surface area (TPSA) is 96.2 Å². The van der Waals surface area contributed by atoms with Crippen LogP contribution < -0.4 is 14.8 Å². The Kier molecular flexibility index (Phi) is 6.81. The predicted octanol–water partition coefficient (Wildman–Crippen LogP) is 4.05. The number of esters is 1. The third-order valence-electron chi connectivity index (χ3n) is 4.25. The molecule has 9 heteroatoms. The highest BCUT2D eigenvalue weighted by Gasteiger charge is 2.23. The summed E-state index contributed by atoms with van der Waals surface area (Å²) in [4.78, 5) is 24.8. The highest BCUT2D eigenvalue weighted by atomic mass is 35.5. The quantitative estimate of drug-likeness (QED) is 0.535. The number of hydrogen-bond acceptors (Lipinski definition) is 7. The van der Waals surface area contributed by atoms with Gasteiger partial charge in [0, 0.05) is 24.1 Å². The summed E-state index contributed by atoms with van der Waals surface area (Å²) < 4.78 is 26.2. The van der Waals surface area contributed by atoms with Crippen LogP contribution >= 0.6 is 11.6 Å². The lowest BCUT2D eigenvalue weighted by Crippen LogP contribution is -2.21. The van der Waals surface area contributed by atoms with Crippen LogP contribution in [-0.4, -0.2) is 39.8 Å². The van der Waals surface area contributed by atoms with Crippen LogP contribution in [0.4, 0.5) is 5.69 Å². The second kappa shape index (κ2) is 9.51. The number of halogens is 1. The van der Waals surface area contributed by atoms with Crippen LogP contribution in [-0.2, 0) is 20.9 Å². The van der Waals surface area contributed by atoms with Gasteiger partial charge in [-0.25, -0.2) is 4.79 Å². The zero-order valence-corrected chi connectivity index (χ0v) is 17.4. The number of anilines is 1. The number of para-hydroxylation sites is 1. The molecule has 0 saturated carbocycles. The smallest absolute Gasteiger partial charge is 0.375 e. The van der Waals surface area contributed by atoms with Crippen molar-refractivity contribution in [1.29, 1.82) is 0 Å². The van der Waals surface area contributed by atoms with Crippen molar-refractivity contribution >= 4 is 40.1 Å². The lowest BCUT2D eigenvalue weighted by Gasteiger charge is -2.13. The Morgan fingerprint density at radius 1 is 1.07 bits per heavy atom. The second-order valence-electron chi connectivity index (χ2n) is 6.15. The second-order valence-corrected chi connectivity index (χ2v) is 6.56. The molecule has 3 aromatic rings. The van der Waals surface area contributed by atoms with Crippen LogP contribution in [0.25, 0.3) is 11.0 Å². The van der Waals surface area contributed by atoms with Crippen molar-refractivity contribution in [2.75, 3.05) is 33.3 Å². The molecule has 1 aromatic heterocycles. The number of benzene rings is 2. The van der Waals surface area contributed by atoms with E-state index >= 15 is 0 Å². The summed E-state index contributed by atoms with van der Waals surface area (Å²) >= 11 is 6.09. The van der Waals surface area contributed by atoms with E-state index in [-0.39, 0.29) is 17.4 Å². The lowest BCUT2D eigenvalue weighted by atomic mass is 10.1. The van der Waals surface area contributed by atoms with Gasteiger partial charge in [0.05, 0.1) is 31.5 Å². The minimum Gasteiger partial charge on any atom is -0.495 e. The number of rotatable bonds is 8. The summed E-state index contributed by atoms with van der Waals surface area (Å²) in [6.07, 6.45) is 0. The molecular weight excluding hydrogens is 414 g/mol. The molecule has 1 N–H and O–H groups in total. The first-order chi connectivity index (χ1) is 14.5. The van der Waals surface area contributed by atoms with Crippen molar-refractivity contribution in [3.05, 3.63) is 52.7 Å². The molecule has 3 rings (SSSR count). The molecule has 0 spiro atoms. The van der Waals surface area contributed by atoms with Gasteiger partial charge in [-0.05, 0) is 12.1 Å². The van der Waals surface area contributed by atoms with Gasteiger partial charge in [-0.1, -0.05) is 29.8 Å². The first kappa shape index (κ1) is 21.5. The van der Waals surface area contributed by atoms with Crippen LogP contribution in [0, 0.1) is 0 Å². The number of fused-ring (bicyclic) bond motifs is 1. The zero-order valence-electron chi connectivity index (χ0n) is 16.6. The van der Waals surface area contributed by atoms with Crippen LogP contribution in [0.15, 0.2) is 40.8 Å². The fourth-order valence-electron chi connectivity index (χ4n) is 2.89. The van der Waals surface area contributed by atoms with Crippen LogP contribution in [0.3, 0.4) is 0 Å². The van der Waals surface area contributed by atoms with Gasteiger partial charge in [0.1, 0.15) is 17.1 Å². The zero-order chi connectivity index (χ0) is 21.7. The normalized spacial score (nSPS) is 10.7. The SMILES string of the molecule is COCc1c(C(=O)OCC(=O)Nc2cc(Cl)c(OC)cc2OC)oc2ccccc12. The van der Waals surface area contributed by atoms with Crippen molar-refractivity contribution in [3.63, 3.8) is 0 Å². The van der Waals surface area contributed by atoms with E-state index in [4.69, 9.17) is 35.0 Å². The molecule has 0 bridgehead atoms. The summed E-state index contributed by atoms with van der Waals surface area (Å²) in [5, 5.41) is 3.62. The first-order valence-electron chi connectivity index (χ1n) is 8.86. The van der Waals surface area contributed by atoms with Crippen molar-refractivity contribution in [2.45, 2.75) is 6.61 Å². The van der Waals surface area contributed by atoms with E-state index < -0.39 is 18.5 Å². The minimum absolute atomic E-state index is 0.00378. The average molecular weight is 434 g/mol. The molecule has 0 radical (unpaired) electrons. The summed E-state index contributed by atoms with van der Waals surface area (Å²) in [7, 11) is 4.42. The molecular formula is C21H20ClNO7. The number of carbonyl (C=O) groups excluding carboxylic acids is 2. The summed E-state index contributed by atoms with van der Waals surface area (Å²) in [6, 6.07) is 10.2. The third-order valence-corrected chi connectivity index (χ3v) is 4.55.